The molecular weight excluding hydrogens is 637 g/mol. The Morgan fingerprint density at radius 3 is 1.96 bits per heavy atom. The smallest absolute Gasteiger partial charge is 0.238 e. The molecule has 49 heavy (non-hydrogen) atoms. The van der Waals surface area contributed by atoms with Gasteiger partial charge in [-0.25, -0.2) is 4.98 Å². The molecule has 7 aromatic carbocycles. The minimum absolute atomic E-state index is 0.601. The van der Waals surface area contributed by atoms with Crippen LogP contribution in [0.5, 0.6) is 0 Å². The third-order valence-electron chi connectivity index (χ3n) is 9.66. The van der Waals surface area contributed by atoms with E-state index in [4.69, 9.17) is 15.0 Å². The van der Waals surface area contributed by atoms with Gasteiger partial charge in [0.15, 0.2) is 11.6 Å². The lowest BCUT2D eigenvalue weighted by Crippen LogP contribution is -2.18. The van der Waals surface area contributed by atoms with E-state index in [0.29, 0.717) is 17.6 Å². The van der Waals surface area contributed by atoms with Gasteiger partial charge in [-0.05, 0) is 47.3 Å². The molecule has 0 saturated carbocycles. The molecule has 11 rings (SSSR count). The fourth-order valence-electron chi connectivity index (χ4n) is 7.48. The van der Waals surface area contributed by atoms with Gasteiger partial charge < -0.3 is 0 Å². The molecule has 0 aliphatic carbocycles. The van der Waals surface area contributed by atoms with Crippen LogP contribution in [0.3, 0.4) is 0 Å². The number of benzene rings is 7. The highest BCUT2D eigenvalue weighted by Gasteiger charge is 2.28. The Morgan fingerprint density at radius 2 is 1.06 bits per heavy atom. The molecule has 6 heteroatoms. The molecule has 1 aliphatic heterocycles. The lowest BCUT2D eigenvalue weighted by molar-refractivity contribution is 1.03. The van der Waals surface area contributed by atoms with E-state index in [1.165, 1.54) is 56.7 Å². The van der Waals surface area contributed by atoms with Gasteiger partial charge in [-0.15, -0.1) is 22.7 Å². The van der Waals surface area contributed by atoms with Gasteiger partial charge in [0.05, 0.1) is 11.4 Å². The molecule has 0 saturated heterocycles. The average molecular weight is 661 g/mol. The minimum atomic E-state index is 0.601. The van der Waals surface area contributed by atoms with Crippen LogP contribution in [0.15, 0.2) is 146 Å². The van der Waals surface area contributed by atoms with Crippen LogP contribution < -0.4 is 4.90 Å². The molecule has 1 aliphatic rings. The molecule has 0 atom stereocenters. The van der Waals surface area contributed by atoms with Crippen LogP contribution >= 0.6 is 22.7 Å². The standard InChI is InChI=1S/C43H24N4S2/c1-4-18-34-27(12-1)31-15-7-10-25-11-8-19-35(39(25)31)47(34)43-45-41(26-22-23-30-28-13-2-5-20-36(28)48-38(30)24-26)44-42(46-43)33-17-9-16-32-29-14-3-6-21-37(29)49-40(32)33/h1-24H. The van der Waals surface area contributed by atoms with Gasteiger partial charge in [0.1, 0.15) is 0 Å². The van der Waals surface area contributed by atoms with Gasteiger partial charge in [0.2, 0.25) is 5.95 Å². The number of rotatable bonds is 3. The summed E-state index contributed by atoms with van der Waals surface area (Å²) in [5.41, 5.74) is 6.48. The number of hydrogen-bond acceptors (Lipinski definition) is 6. The molecule has 0 bridgehead atoms. The first-order valence-corrected chi connectivity index (χ1v) is 17.9. The molecule has 0 spiro atoms. The second kappa shape index (κ2) is 10.3. The van der Waals surface area contributed by atoms with Crippen molar-refractivity contribution in [3.63, 3.8) is 0 Å². The maximum atomic E-state index is 5.34. The number of para-hydroxylation sites is 1. The van der Waals surface area contributed by atoms with E-state index in [0.717, 1.165) is 28.1 Å². The summed E-state index contributed by atoms with van der Waals surface area (Å²) < 4.78 is 4.93. The van der Waals surface area contributed by atoms with E-state index in [1.54, 1.807) is 11.3 Å². The molecule has 4 heterocycles. The van der Waals surface area contributed by atoms with Crippen LogP contribution in [0.1, 0.15) is 0 Å². The third-order valence-corrected chi connectivity index (χ3v) is 12.0. The van der Waals surface area contributed by atoms with Crippen molar-refractivity contribution in [2.45, 2.75) is 0 Å². The summed E-state index contributed by atoms with van der Waals surface area (Å²) >= 11 is 3.60. The molecule has 4 nitrogen and oxygen atoms in total. The minimum Gasteiger partial charge on any atom is -0.278 e. The zero-order valence-corrected chi connectivity index (χ0v) is 27.6. The van der Waals surface area contributed by atoms with Crippen molar-refractivity contribution < 1.29 is 0 Å². The molecule has 228 valence electrons. The number of nitrogens with zero attached hydrogens (tertiary/aromatic N) is 4. The Hall–Kier alpha value is -5.95. The van der Waals surface area contributed by atoms with Crippen molar-refractivity contribution >= 4 is 91.1 Å². The summed E-state index contributed by atoms with van der Waals surface area (Å²) in [5, 5.41) is 7.39. The van der Waals surface area contributed by atoms with Gasteiger partial charge in [-0.1, -0.05) is 109 Å². The van der Waals surface area contributed by atoms with E-state index >= 15 is 0 Å². The maximum absolute atomic E-state index is 5.34. The van der Waals surface area contributed by atoms with E-state index in [1.807, 2.05) is 11.3 Å². The van der Waals surface area contributed by atoms with Crippen LogP contribution in [-0.4, -0.2) is 15.0 Å². The van der Waals surface area contributed by atoms with Gasteiger partial charge in [0, 0.05) is 62.4 Å². The second-order valence-corrected chi connectivity index (χ2v) is 14.5. The van der Waals surface area contributed by atoms with Gasteiger partial charge in [0.25, 0.3) is 0 Å². The molecule has 0 unspecified atom stereocenters. The number of hydrogen-bond donors (Lipinski definition) is 0. The number of anilines is 3. The first-order valence-electron chi connectivity index (χ1n) is 16.3. The Kier molecular flexibility index (Phi) is 5.67. The number of aromatic nitrogens is 3. The average Bonchev–Trinajstić information content (AvgIpc) is 3.73. The van der Waals surface area contributed by atoms with Crippen LogP contribution in [0.25, 0.3) is 85.0 Å². The molecule has 10 aromatic rings. The number of thiophene rings is 2. The zero-order valence-electron chi connectivity index (χ0n) is 26.0. The molecule has 0 radical (unpaired) electrons. The van der Waals surface area contributed by atoms with Crippen molar-refractivity contribution in [1.29, 1.82) is 0 Å². The predicted octanol–water partition coefficient (Wildman–Crippen LogP) is 12.5. The molecular formula is C43H24N4S2. The molecule has 0 amide bonds. The van der Waals surface area contributed by atoms with E-state index in [9.17, 15) is 0 Å². The van der Waals surface area contributed by atoms with E-state index in [2.05, 4.69) is 150 Å². The quantitative estimate of drug-likeness (QED) is 0.189. The Labute approximate surface area is 289 Å². The zero-order chi connectivity index (χ0) is 32.1. The van der Waals surface area contributed by atoms with Gasteiger partial charge >= 0.3 is 0 Å². The van der Waals surface area contributed by atoms with Gasteiger partial charge in [-0.2, -0.15) is 9.97 Å². The van der Waals surface area contributed by atoms with Crippen molar-refractivity contribution in [3.8, 4) is 33.9 Å². The largest absolute Gasteiger partial charge is 0.278 e. The third kappa shape index (κ3) is 3.99. The normalized spacial score (nSPS) is 12.4. The first kappa shape index (κ1) is 27.0. The molecule has 3 aromatic heterocycles. The topological polar surface area (TPSA) is 41.9 Å². The Bertz CT molecular complexity index is 2970. The predicted molar refractivity (Wildman–Crippen MR) is 208 cm³/mol. The molecule has 0 fully saturated rings. The van der Waals surface area contributed by atoms with Crippen molar-refractivity contribution in [2.24, 2.45) is 0 Å². The SMILES string of the molecule is c1ccc2c(c1)-c1cccc3cccc(c13)N2c1nc(-c2ccc3c(c2)sc2ccccc23)nc(-c2cccc3c2sc2ccccc23)n1. The van der Waals surface area contributed by atoms with Gasteiger partial charge in [-0.3, -0.25) is 4.90 Å². The summed E-state index contributed by atoms with van der Waals surface area (Å²) in [6.07, 6.45) is 0. The summed E-state index contributed by atoms with van der Waals surface area (Å²) in [6, 6.07) is 51.9. The number of fused-ring (bicyclic) bond motifs is 8. The Morgan fingerprint density at radius 1 is 0.429 bits per heavy atom. The Balaban J connectivity index is 1.21. The van der Waals surface area contributed by atoms with Crippen molar-refractivity contribution in [3.05, 3.63) is 146 Å². The highest BCUT2D eigenvalue weighted by atomic mass is 32.1. The van der Waals surface area contributed by atoms with Crippen molar-refractivity contribution in [2.75, 3.05) is 4.90 Å². The summed E-state index contributed by atoms with van der Waals surface area (Å²) in [6.45, 7) is 0. The lowest BCUT2D eigenvalue weighted by Gasteiger charge is -2.32. The van der Waals surface area contributed by atoms with Crippen LogP contribution in [0, 0.1) is 0 Å². The maximum Gasteiger partial charge on any atom is 0.238 e. The highest BCUT2D eigenvalue weighted by Crippen LogP contribution is 2.50. The second-order valence-electron chi connectivity index (χ2n) is 12.4. The summed E-state index contributed by atoms with van der Waals surface area (Å²) in [7, 11) is 0. The van der Waals surface area contributed by atoms with Crippen LogP contribution in [0.4, 0.5) is 17.3 Å². The van der Waals surface area contributed by atoms with E-state index in [-0.39, 0.29) is 0 Å². The highest BCUT2D eigenvalue weighted by molar-refractivity contribution is 7.26. The summed E-state index contributed by atoms with van der Waals surface area (Å²) in [5.74, 6) is 1.92. The fraction of sp³-hybridized carbons (Fsp3) is 0. The monoisotopic (exact) mass is 660 g/mol. The first-order chi connectivity index (χ1) is 24.3. The lowest BCUT2D eigenvalue weighted by atomic mass is 9.91. The molecule has 0 N–H and O–H groups in total. The fourth-order valence-corrected chi connectivity index (χ4v) is 9.83. The van der Waals surface area contributed by atoms with Crippen molar-refractivity contribution in [1.82, 2.24) is 15.0 Å². The van der Waals surface area contributed by atoms with Crippen LogP contribution in [0.2, 0.25) is 0 Å². The summed E-state index contributed by atoms with van der Waals surface area (Å²) in [4.78, 5) is 18.1. The van der Waals surface area contributed by atoms with Crippen LogP contribution in [-0.2, 0) is 0 Å². The van der Waals surface area contributed by atoms with E-state index < -0.39 is 0 Å².